The minimum atomic E-state index is -0.758. The van der Waals surface area contributed by atoms with Gasteiger partial charge in [0.2, 0.25) is 5.91 Å². The maximum absolute atomic E-state index is 11.8. The first-order valence-corrected chi connectivity index (χ1v) is 5.47. The predicted molar refractivity (Wildman–Crippen MR) is 53.7 cm³/mol. The van der Waals surface area contributed by atoms with Crippen molar-refractivity contribution in [2.75, 3.05) is 13.2 Å². The number of hydrogen-bond acceptors (Lipinski definition) is 3. The molecule has 2 aliphatic rings. The largest absolute Gasteiger partial charge is 0.396 e. The molecule has 0 atom stereocenters. The zero-order valence-electron chi connectivity index (χ0n) is 8.75. The molecule has 2 aliphatic carbocycles. The Labute approximate surface area is 89.3 Å². The molecule has 2 rings (SSSR count). The smallest absolute Gasteiger partial charge is 0.240 e. The summed E-state index contributed by atoms with van der Waals surface area (Å²) in [5.74, 6) is -0.143. The van der Waals surface area contributed by atoms with Crippen molar-refractivity contribution in [3.05, 3.63) is 0 Å². The van der Waals surface area contributed by atoms with Gasteiger partial charge >= 0.3 is 0 Å². The fourth-order valence-corrected chi connectivity index (χ4v) is 1.92. The van der Waals surface area contributed by atoms with Crippen LogP contribution in [-0.4, -0.2) is 24.2 Å². The highest BCUT2D eigenvalue weighted by atomic mass is 16.3. The maximum Gasteiger partial charge on any atom is 0.240 e. The van der Waals surface area contributed by atoms with E-state index in [1.807, 2.05) is 0 Å². The standard InChI is InChI=1S/C11H16N2O2/c12-6-11(2-1-3-11)9(15)13-7-10(8-14)4-5-10/h14H,1-5,7-8H2,(H,13,15). The van der Waals surface area contributed by atoms with E-state index in [1.165, 1.54) is 0 Å². The molecule has 2 N–H and O–H groups in total. The average Bonchev–Trinajstić information content (AvgIpc) is 2.95. The lowest BCUT2D eigenvalue weighted by Gasteiger charge is -2.33. The Bertz CT molecular complexity index is 311. The predicted octanol–water partition coefficient (Wildman–Crippen LogP) is 0.569. The van der Waals surface area contributed by atoms with E-state index in [4.69, 9.17) is 10.4 Å². The maximum atomic E-state index is 11.8. The van der Waals surface area contributed by atoms with Crippen LogP contribution in [0.1, 0.15) is 32.1 Å². The second-order valence-electron chi connectivity index (χ2n) is 4.89. The Kier molecular flexibility index (Phi) is 2.43. The summed E-state index contributed by atoms with van der Waals surface area (Å²) in [6.07, 6.45) is 4.28. The number of nitriles is 1. The van der Waals surface area contributed by atoms with Crippen molar-refractivity contribution in [1.29, 1.82) is 5.26 Å². The van der Waals surface area contributed by atoms with Gasteiger partial charge in [0.05, 0.1) is 12.7 Å². The molecule has 2 fully saturated rings. The van der Waals surface area contributed by atoms with Gasteiger partial charge in [-0.05, 0) is 32.1 Å². The summed E-state index contributed by atoms with van der Waals surface area (Å²) in [4.78, 5) is 11.8. The Balaban J connectivity index is 1.85. The molecule has 82 valence electrons. The number of aliphatic hydroxyl groups excluding tert-OH is 1. The van der Waals surface area contributed by atoms with Gasteiger partial charge in [-0.15, -0.1) is 0 Å². The molecule has 4 nitrogen and oxygen atoms in total. The Morgan fingerprint density at radius 3 is 2.40 bits per heavy atom. The van der Waals surface area contributed by atoms with Crippen LogP contribution in [0.4, 0.5) is 0 Å². The van der Waals surface area contributed by atoms with Gasteiger partial charge in [0.25, 0.3) is 0 Å². The van der Waals surface area contributed by atoms with Crippen LogP contribution in [-0.2, 0) is 4.79 Å². The van der Waals surface area contributed by atoms with Gasteiger partial charge in [0, 0.05) is 12.0 Å². The van der Waals surface area contributed by atoms with Crippen molar-refractivity contribution in [2.45, 2.75) is 32.1 Å². The first kappa shape index (κ1) is 10.4. The molecule has 0 spiro atoms. The van der Waals surface area contributed by atoms with Crippen LogP contribution in [0.3, 0.4) is 0 Å². The number of amides is 1. The van der Waals surface area contributed by atoms with Crippen LogP contribution >= 0.6 is 0 Å². The molecule has 0 aromatic heterocycles. The summed E-state index contributed by atoms with van der Waals surface area (Å²) >= 11 is 0. The molecule has 0 saturated heterocycles. The van der Waals surface area contributed by atoms with Crippen molar-refractivity contribution < 1.29 is 9.90 Å². The highest BCUT2D eigenvalue weighted by Crippen LogP contribution is 2.45. The topological polar surface area (TPSA) is 73.1 Å². The van der Waals surface area contributed by atoms with Crippen LogP contribution in [0.5, 0.6) is 0 Å². The number of aliphatic hydroxyl groups is 1. The van der Waals surface area contributed by atoms with Gasteiger partial charge in [-0.1, -0.05) is 0 Å². The van der Waals surface area contributed by atoms with Crippen molar-refractivity contribution in [2.24, 2.45) is 10.8 Å². The molecule has 0 bridgehead atoms. The van der Waals surface area contributed by atoms with Gasteiger partial charge < -0.3 is 10.4 Å². The number of rotatable bonds is 4. The van der Waals surface area contributed by atoms with Gasteiger partial charge in [0.15, 0.2) is 0 Å². The van der Waals surface area contributed by atoms with E-state index in [0.29, 0.717) is 19.4 Å². The van der Waals surface area contributed by atoms with Crippen molar-refractivity contribution in [3.8, 4) is 6.07 Å². The molecule has 0 unspecified atom stereocenters. The lowest BCUT2D eigenvalue weighted by atomic mass is 9.69. The molecule has 15 heavy (non-hydrogen) atoms. The fraction of sp³-hybridized carbons (Fsp3) is 0.818. The zero-order chi connectivity index (χ0) is 10.9. The van der Waals surface area contributed by atoms with Crippen molar-refractivity contribution in [3.63, 3.8) is 0 Å². The zero-order valence-corrected chi connectivity index (χ0v) is 8.75. The van der Waals surface area contributed by atoms with E-state index in [2.05, 4.69) is 11.4 Å². The van der Waals surface area contributed by atoms with E-state index < -0.39 is 5.41 Å². The van der Waals surface area contributed by atoms with E-state index >= 15 is 0 Å². The molecular formula is C11H16N2O2. The third kappa shape index (κ3) is 1.72. The number of carbonyl (C=O) groups is 1. The average molecular weight is 208 g/mol. The second-order valence-corrected chi connectivity index (χ2v) is 4.89. The summed E-state index contributed by atoms with van der Waals surface area (Å²) in [7, 11) is 0. The molecule has 0 aromatic carbocycles. The minimum Gasteiger partial charge on any atom is -0.396 e. The highest BCUT2D eigenvalue weighted by Gasteiger charge is 2.47. The number of carbonyl (C=O) groups excluding carboxylic acids is 1. The van der Waals surface area contributed by atoms with E-state index in [1.54, 1.807) is 0 Å². The molecule has 1 amide bonds. The van der Waals surface area contributed by atoms with Gasteiger partial charge in [-0.25, -0.2) is 0 Å². The first-order chi connectivity index (χ1) is 7.16. The van der Waals surface area contributed by atoms with Gasteiger partial charge in [0.1, 0.15) is 5.41 Å². The third-order valence-electron chi connectivity index (χ3n) is 3.77. The van der Waals surface area contributed by atoms with Gasteiger partial charge in [-0.2, -0.15) is 5.26 Å². The van der Waals surface area contributed by atoms with Crippen molar-refractivity contribution >= 4 is 5.91 Å². The Hall–Kier alpha value is -1.08. The number of hydrogen-bond donors (Lipinski definition) is 2. The van der Waals surface area contributed by atoms with Crippen LogP contribution < -0.4 is 5.32 Å². The van der Waals surface area contributed by atoms with Crippen LogP contribution in [0.2, 0.25) is 0 Å². The third-order valence-corrected chi connectivity index (χ3v) is 3.77. The van der Waals surface area contributed by atoms with Crippen LogP contribution in [0.25, 0.3) is 0 Å². The van der Waals surface area contributed by atoms with E-state index in [9.17, 15) is 4.79 Å². The normalized spacial score (nSPS) is 24.8. The summed E-state index contributed by atoms with van der Waals surface area (Å²) in [5.41, 5.74) is -0.832. The van der Waals surface area contributed by atoms with Crippen LogP contribution in [0, 0.1) is 22.2 Å². The lowest BCUT2D eigenvalue weighted by Crippen LogP contribution is -2.46. The molecule has 0 heterocycles. The summed E-state index contributed by atoms with van der Waals surface area (Å²) in [5, 5.41) is 20.8. The Morgan fingerprint density at radius 2 is 2.07 bits per heavy atom. The van der Waals surface area contributed by atoms with Crippen LogP contribution in [0.15, 0.2) is 0 Å². The van der Waals surface area contributed by atoms with E-state index in [-0.39, 0.29) is 17.9 Å². The molecule has 2 saturated carbocycles. The van der Waals surface area contributed by atoms with Crippen molar-refractivity contribution in [1.82, 2.24) is 5.32 Å². The first-order valence-electron chi connectivity index (χ1n) is 5.47. The van der Waals surface area contributed by atoms with Gasteiger partial charge in [-0.3, -0.25) is 4.79 Å². The molecule has 4 heteroatoms. The molecule has 0 aliphatic heterocycles. The highest BCUT2D eigenvalue weighted by molar-refractivity contribution is 5.86. The lowest BCUT2D eigenvalue weighted by molar-refractivity contribution is -0.132. The molecule has 0 radical (unpaired) electrons. The fourth-order valence-electron chi connectivity index (χ4n) is 1.92. The molecular weight excluding hydrogens is 192 g/mol. The summed E-state index contributed by atoms with van der Waals surface area (Å²) in [6.45, 7) is 0.651. The molecule has 0 aromatic rings. The Morgan fingerprint density at radius 1 is 1.40 bits per heavy atom. The second kappa shape index (κ2) is 3.49. The van der Waals surface area contributed by atoms with E-state index in [0.717, 1.165) is 19.3 Å². The minimum absolute atomic E-state index is 0.0734. The monoisotopic (exact) mass is 208 g/mol. The number of nitrogens with zero attached hydrogens (tertiary/aromatic N) is 1. The quantitative estimate of drug-likeness (QED) is 0.709. The SMILES string of the molecule is N#CC1(C(=O)NCC2(CO)CC2)CCC1. The summed E-state index contributed by atoms with van der Waals surface area (Å²) in [6, 6.07) is 2.11. The number of nitrogens with one attached hydrogen (secondary N) is 1. The summed E-state index contributed by atoms with van der Waals surface area (Å²) < 4.78 is 0.